The zero-order valence-corrected chi connectivity index (χ0v) is 14.1. The van der Waals surface area contributed by atoms with E-state index in [0.29, 0.717) is 6.04 Å². The molecule has 1 unspecified atom stereocenters. The molecule has 4 heteroatoms. The molecule has 1 heterocycles. The lowest BCUT2D eigenvalue weighted by molar-refractivity contribution is 0.0932. The summed E-state index contributed by atoms with van der Waals surface area (Å²) in [5.74, 6) is 1.19. The van der Waals surface area contributed by atoms with Crippen molar-refractivity contribution in [2.24, 2.45) is 0 Å². The Bertz CT molecular complexity index is 380. The molecule has 0 saturated carbocycles. The summed E-state index contributed by atoms with van der Waals surface area (Å²) in [7, 11) is 2.06. The highest BCUT2D eigenvalue weighted by atomic mass is 15.2. The number of hydrogen-bond acceptors (Lipinski definition) is 3. The zero-order valence-electron chi connectivity index (χ0n) is 14.1. The van der Waals surface area contributed by atoms with Crippen molar-refractivity contribution in [2.45, 2.75) is 65.6 Å². The van der Waals surface area contributed by atoms with Crippen LogP contribution in [0.15, 0.2) is 12.4 Å². The van der Waals surface area contributed by atoms with Crippen molar-refractivity contribution >= 4 is 0 Å². The van der Waals surface area contributed by atoms with Crippen LogP contribution in [0.5, 0.6) is 0 Å². The number of imidazole rings is 1. The van der Waals surface area contributed by atoms with Gasteiger partial charge in [-0.05, 0) is 40.4 Å². The van der Waals surface area contributed by atoms with Gasteiger partial charge in [0.25, 0.3) is 0 Å². The molecule has 0 radical (unpaired) electrons. The second-order valence-electron chi connectivity index (χ2n) is 5.91. The summed E-state index contributed by atoms with van der Waals surface area (Å²) in [5.41, 5.74) is 0.112. The lowest BCUT2D eigenvalue weighted by Crippen LogP contribution is -2.58. The van der Waals surface area contributed by atoms with Crippen molar-refractivity contribution in [1.82, 2.24) is 19.8 Å². The molecule has 0 saturated heterocycles. The minimum absolute atomic E-state index is 0.112. The monoisotopic (exact) mass is 280 g/mol. The topological polar surface area (TPSA) is 33.1 Å². The largest absolute Gasteiger partial charge is 0.335 e. The van der Waals surface area contributed by atoms with Crippen LogP contribution in [0.4, 0.5) is 0 Å². The van der Waals surface area contributed by atoms with Crippen molar-refractivity contribution in [2.75, 3.05) is 20.1 Å². The van der Waals surface area contributed by atoms with Gasteiger partial charge in [0.15, 0.2) is 0 Å². The van der Waals surface area contributed by atoms with Crippen LogP contribution in [-0.2, 0) is 13.0 Å². The quantitative estimate of drug-likeness (QED) is 0.754. The first-order chi connectivity index (χ1) is 9.51. The molecular formula is C16H32N4. The standard InChI is InChI=1S/C16H32N4/c1-7-11-19-12-10-18-15(19)13-14(17-6)16(4,5)20(8-2)9-3/h10,12,14,17H,7-9,11,13H2,1-6H3. The smallest absolute Gasteiger partial charge is 0.110 e. The van der Waals surface area contributed by atoms with E-state index >= 15 is 0 Å². The van der Waals surface area contributed by atoms with E-state index in [2.05, 4.69) is 67.6 Å². The van der Waals surface area contributed by atoms with Gasteiger partial charge in [-0.15, -0.1) is 0 Å². The van der Waals surface area contributed by atoms with Crippen LogP contribution in [0.2, 0.25) is 0 Å². The van der Waals surface area contributed by atoms with Crippen molar-refractivity contribution < 1.29 is 0 Å². The van der Waals surface area contributed by atoms with Gasteiger partial charge in [0.1, 0.15) is 5.82 Å². The third-order valence-electron chi connectivity index (χ3n) is 4.43. The van der Waals surface area contributed by atoms with E-state index in [0.717, 1.165) is 32.5 Å². The molecule has 4 nitrogen and oxygen atoms in total. The second kappa shape index (κ2) is 7.79. The maximum absolute atomic E-state index is 4.55. The second-order valence-corrected chi connectivity index (χ2v) is 5.91. The summed E-state index contributed by atoms with van der Waals surface area (Å²) in [5, 5.41) is 3.50. The van der Waals surface area contributed by atoms with Crippen LogP contribution in [-0.4, -0.2) is 46.2 Å². The van der Waals surface area contributed by atoms with Crippen molar-refractivity contribution in [3.8, 4) is 0 Å². The van der Waals surface area contributed by atoms with Gasteiger partial charge in [-0.25, -0.2) is 4.98 Å². The highest BCUT2D eigenvalue weighted by Crippen LogP contribution is 2.21. The summed E-state index contributed by atoms with van der Waals surface area (Å²) in [4.78, 5) is 7.07. The van der Waals surface area contributed by atoms with E-state index in [-0.39, 0.29) is 5.54 Å². The number of rotatable bonds is 9. The van der Waals surface area contributed by atoms with Crippen molar-refractivity contribution in [3.05, 3.63) is 18.2 Å². The third kappa shape index (κ3) is 3.83. The maximum atomic E-state index is 4.55. The Morgan fingerprint density at radius 3 is 2.45 bits per heavy atom. The maximum Gasteiger partial charge on any atom is 0.110 e. The molecule has 1 aromatic rings. The van der Waals surface area contributed by atoms with Crippen molar-refractivity contribution in [3.63, 3.8) is 0 Å². The van der Waals surface area contributed by atoms with Gasteiger partial charge in [-0.1, -0.05) is 20.8 Å². The van der Waals surface area contributed by atoms with Gasteiger partial charge in [-0.3, -0.25) is 4.90 Å². The van der Waals surface area contributed by atoms with E-state index in [4.69, 9.17) is 0 Å². The highest BCUT2D eigenvalue weighted by Gasteiger charge is 2.33. The van der Waals surface area contributed by atoms with Crippen LogP contribution in [0.25, 0.3) is 0 Å². The summed E-state index contributed by atoms with van der Waals surface area (Å²) in [6, 6.07) is 0.389. The molecule has 1 aromatic heterocycles. The lowest BCUT2D eigenvalue weighted by Gasteiger charge is -2.43. The van der Waals surface area contributed by atoms with Gasteiger partial charge >= 0.3 is 0 Å². The van der Waals surface area contributed by atoms with Crippen LogP contribution < -0.4 is 5.32 Å². The Morgan fingerprint density at radius 1 is 1.30 bits per heavy atom. The number of nitrogens with zero attached hydrogens (tertiary/aromatic N) is 3. The molecule has 1 atom stereocenters. The Labute approximate surface area is 124 Å². The Balaban J connectivity index is 2.87. The van der Waals surface area contributed by atoms with Gasteiger partial charge < -0.3 is 9.88 Å². The molecule has 0 amide bonds. The molecule has 1 rings (SSSR count). The molecule has 1 N–H and O–H groups in total. The Morgan fingerprint density at radius 2 is 1.95 bits per heavy atom. The molecule has 0 aliphatic rings. The minimum Gasteiger partial charge on any atom is -0.335 e. The molecule has 0 aliphatic heterocycles. The van der Waals surface area contributed by atoms with E-state index < -0.39 is 0 Å². The summed E-state index contributed by atoms with van der Waals surface area (Å²) in [6.45, 7) is 14.5. The predicted octanol–water partition coefficient (Wildman–Crippen LogP) is 2.54. The fourth-order valence-corrected chi connectivity index (χ4v) is 3.12. The molecule has 0 bridgehead atoms. The Kier molecular flexibility index (Phi) is 6.69. The fourth-order valence-electron chi connectivity index (χ4n) is 3.12. The molecule has 0 spiro atoms. The normalized spacial score (nSPS) is 13.9. The zero-order chi connectivity index (χ0) is 15.2. The number of likely N-dealkylation sites (N-methyl/N-ethyl adjacent to an activating group) is 2. The third-order valence-corrected chi connectivity index (χ3v) is 4.43. The average Bonchev–Trinajstić information content (AvgIpc) is 2.84. The van der Waals surface area contributed by atoms with Crippen LogP contribution in [0.1, 0.15) is 46.9 Å². The molecule has 0 aliphatic carbocycles. The van der Waals surface area contributed by atoms with E-state index in [1.165, 1.54) is 5.82 Å². The van der Waals surface area contributed by atoms with Crippen LogP contribution in [0.3, 0.4) is 0 Å². The van der Waals surface area contributed by atoms with Crippen LogP contribution in [0, 0.1) is 0 Å². The molecule has 116 valence electrons. The average molecular weight is 280 g/mol. The highest BCUT2D eigenvalue weighted by molar-refractivity contribution is 5.02. The van der Waals surface area contributed by atoms with Crippen molar-refractivity contribution in [1.29, 1.82) is 0 Å². The molecule has 0 aromatic carbocycles. The number of aryl methyl sites for hydroxylation is 1. The Hall–Kier alpha value is -0.870. The number of hydrogen-bond donors (Lipinski definition) is 1. The molecular weight excluding hydrogens is 248 g/mol. The van der Waals surface area contributed by atoms with Gasteiger partial charge in [0.2, 0.25) is 0 Å². The number of nitrogens with one attached hydrogen (secondary N) is 1. The SMILES string of the molecule is CCCn1ccnc1CC(NC)C(C)(C)N(CC)CC. The van der Waals surface area contributed by atoms with Gasteiger partial charge in [0, 0.05) is 36.9 Å². The lowest BCUT2D eigenvalue weighted by atomic mass is 9.89. The molecule has 0 fully saturated rings. The summed E-state index contributed by atoms with van der Waals surface area (Å²) < 4.78 is 2.28. The first-order valence-electron chi connectivity index (χ1n) is 7.93. The first-order valence-corrected chi connectivity index (χ1v) is 7.93. The van der Waals surface area contributed by atoms with Crippen LogP contribution >= 0.6 is 0 Å². The van der Waals surface area contributed by atoms with E-state index in [1.54, 1.807) is 0 Å². The van der Waals surface area contributed by atoms with Gasteiger partial charge in [-0.2, -0.15) is 0 Å². The predicted molar refractivity (Wildman–Crippen MR) is 86.1 cm³/mol. The summed E-state index contributed by atoms with van der Waals surface area (Å²) in [6.07, 6.45) is 6.12. The summed E-state index contributed by atoms with van der Waals surface area (Å²) >= 11 is 0. The fraction of sp³-hybridized carbons (Fsp3) is 0.812. The first kappa shape index (κ1) is 17.2. The molecule has 20 heavy (non-hydrogen) atoms. The number of aromatic nitrogens is 2. The van der Waals surface area contributed by atoms with Gasteiger partial charge in [0.05, 0.1) is 0 Å². The van der Waals surface area contributed by atoms with E-state index in [9.17, 15) is 0 Å². The minimum atomic E-state index is 0.112. The van der Waals surface area contributed by atoms with E-state index in [1.807, 2.05) is 6.20 Å².